The van der Waals surface area contributed by atoms with E-state index in [1.165, 1.54) is 0 Å². The molecule has 92 valence electrons. The van der Waals surface area contributed by atoms with Crippen LogP contribution in [0.3, 0.4) is 0 Å². The predicted molar refractivity (Wildman–Crippen MR) is 66.8 cm³/mol. The summed E-state index contributed by atoms with van der Waals surface area (Å²) in [7, 11) is 0. The van der Waals surface area contributed by atoms with Gasteiger partial charge in [-0.05, 0) is 18.1 Å². The van der Waals surface area contributed by atoms with E-state index in [0.29, 0.717) is 5.92 Å². The van der Waals surface area contributed by atoms with Crippen molar-refractivity contribution in [3.05, 3.63) is 29.8 Å². The SMILES string of the molecule is NC(=O)Cc1ccccc1NCC1CCOC1. The first-order valence-corrected chi connectivity index (χ1v) is 5.93. The molecule has 1 unspecified atom stereocenters. The summed E-state index contributed by atoms with van der Waals surface area (Å²) < 4.78 is 5.33. The van der Waals surface area contributed by atoms with Gasteiger partial charge in [0.05, 0.1) is 13.0 Å². The summed E-state index contributed by atoms with van der Waals surface area (Å²) in [5.41, 5.74) is 7.18. The van der Waals surface area contributed by atoms with Crippen LogP contribution in [0.1, 0.15) is 12.0 Å². The molecule has 1 aliphatic heterocycles. The van der Waals surface area contributed by atoms with Crippen molar-refractivity contribution in [1.82, 2.24) is 0 Å². The van der Waals surface area contributed by atoms with Gasteiger partial charge in [-0.15, -0.1) is 0 Å². The fraction of sp³-hybridized carbons (Fsp3) is 0.462. The predicted octanol–water partition coefficient (Wildman–Crippen LogP) is 1.16. The summed E-state index contributed by atoms with van der Waals surface area (Å²) in [5, 5.41) is 3.37. The number of hydrogen-bond donors (Lipinski definition) is 2. The molecule has 1 aliphatic rings. The van der Waals surface area contributed by atoms with Crippen molar-refractivity contribution in [2.24, 2.45) is 11.7 Å². The maximum absolute atomic E-state index is 11.0. The van der Waals surface area contributed by atoms with Gasteiger partial charge >= 0.3 is 0 Å². The van der Waals surface area contributed by atoms with Crippen LogP contribution in [0.4, 0.5) is 5.69 Å². The average molecular weight is 234 g/mol. The molecule has 4 nitrogen and oxygen atoms in total. The zero-order valence-corrected chi connectivity index (χ0v) is 9.82. The topological polar surface area (TPSA) is 64.4 Å². The molecular formula is C13H18N2O2. The molecule has 2 rings (SSSR count). The van der Waals surface area contributed by atoms with Gasteiger partial charge in [0, 0.05) is 24.8 Å². The van der Waals surface area contributed by atoms with Crippen LogP contribution in [0.2, 0.25) is 0 Å². The first-order valence-electron chi connectivity index (χ1n) is 5.93. The van der Waals surface area contributed by atoms with E-state index >= 15 is 0 Å². The van der Waals surface area contributed by atoms with Crippen LogP contribution >= 0.6 is 0 Å². The van der Waals surface area contributed by atoms with E-state index in [2.05, 4.69) is 5.32 Å². The number of amides is 1. The summed E-state index contributed by atoms with van der Waals surface area (Å²) in [6.07, 6.45) is 1.38. The Bertz CT molecular complexity index is 387. The van der Waals surface area contributed by atoms with Gasteiger partial charge in [0.25, 0.3) is 0 Å². The summed E-state index contributed by atoms with van der Waals surface area (Å²) in [6.45, 7) is 2.57. The molecule has 1 heterocycles. The number of carbonyl (C=O) groups is 1. The van der Waals surface area contributed by atoms with Crippen molar-refractivity contribution in [3.8, 4) is 0 Å². The van der Waals surface area contributed by atoms with Crippen LogP contribution in [-0.4, -0.2) is 25.7 Å². The Hall–Kier alpha value is -1.55. The van der Waals surface area contributed by atoms with Gasteiger partial charge in [-0.1, -0.05) is 18.2 Å². The van der Waals surface area contributed by atoms with Gasteiger partial charge in [0.2, 0.25) is 5.91 Å². The Labute approximate surface area is 101 Å². The van der Waals surface area contributed by atoms with E-state index in [-0.39, 0.29) is 12.3 Å². The number of carbonyl (C=O) groups excluding carboxylic acids is 1. The van der Waals surface area contributed by atoms with Crippen LogP contribution in [0.5, 0.6) is 0 Å². The summed E-state index contributed by atoms with van der Waals surface area (Å²) in [6, 6.07) is 7.78. The van der Waals surface area contributed by atoms with Gasteiger partial charge in [-0.2, -0.15) is 0 Å². The number of ether oxygens (including phenoxy) is 1. The third-order valence-electron chi connectivity index (χ3n) is 2.99. The van der Waals surface area contributed by atoms with Gasteiger partial charge in [0.1, 0.15) is 0 Å². The number of nitrogens with two attached hydrogens (primary N) is 1. The van der Waals surface area contributed by atoms with Crippen molar-refractivity contribution in [2.45, 2.75) is 12.8 Å². The number of hydrogen-bond acceptors (Lipinski definition) is 3. The van der Waals surface area contributed by atoms with Crippen molar-refractivity contribution in [1.29, 1.82) is 0 Å². The van der Waals surface area contributed by atoms with Gasteiger partial charge in [-0.3, -0.25) is 4.79 Å². The zero-order chi connectivity index (χ0) is 12.1. The second-order valence-electron chi connectivity index (χ2n) is 4.41. The Morgan fingerprint density at radius 2 is 2.29 bits per heavy atom. The smallest absolute Gasteiger partial charge is 0.221 e. The molecule has 0 aliphatic carbocycles. The Morgan fingerprint density at radius 3 is 3.00 bits per heavy atom. The molecule has 0 radical (unpaired) electrons. The lowest BCUT2D eigenvalue weighted by atomic mass is 10.1. The van der Waals surface area contributed by atoms with E-state index in [0.717, 1.165) is 37.4 Å². The van der Waals surface area contributed by atoms with Crippen molar-refractivity contribution >= 4 is 11.6 Å². The third-order valence-corrected chi connectivity index (χ3v) is 2.99. The van der Waals surface area contributed by atoms with Crippen molar-refractivity contribution in [3.63, 3.8) is 0 Å². The molecule has 1 fully saturated rings. The van der Waals surface area contributed by atoms with Gasteiger partial charge in [-0.25, -0.2) is 0 Å². The highest BCUT2D eigenvalue weighted by atomic mass is 16.5. The lowest BCUT2D eigenvalue weighted by Gasteiger charge is -2.13. The second-order valence-corrected chi connectivity index (χ2v) is 4.41. The minimum Gasteiger partial charge on any atom is -0.384 e. The molecule has 1 saturated heterocycles. The van der Waals surface area contributed by atoms with Crippen molar-refractivity contribution < 1.29 is 9.53 Å². The fourth-order valence-corrected chi connectivity index (χ4v) is 2.03. The lowest BCUT2D eigenvalue weighted by molar-refractivity contribution is -0.117. The molecular weight excluding hydrogens is 216 g/mol. The zero-order valence-electron chi connectivity index (χ0n) is 9.82. The van der Waals surface area contributed by atoms with Crippen LogP contribution in [0, 0.1) is 5.92 Å². The van der Waals surface area contributed by atoms with Crippen LogP contribution < -0.4 is 11.1 Å². The third kappa shape index (κ3) is 3.46. The summed E-state index contributed by atoms with van der Waals surface area (Å²) in [4.78, 5) is 11.0. The maximum atomic E-state index is 11.0. The number of rotatable bonds is 5. The summed E-state index contributed by atoms with van der Waals surface area (Å²) in [5.74, 6) is 0.264. The molecule has 0 saturated carbocycles. The molecule has 17 heavy (non-hydrogen) atoms. The number of nitrogens with one attached hydrogen (secondary N) is 1. The second kappa shape index (κ2) is 5.68. The molecule has 1 aromatic carbocycles. The number of anilines is 1. The molecule has 1 amide bonds. The average Bonchev–Trinajstić information content (AvgIpc) is 2.80. The minimum absolute atomic E-state index is 0.282. The van der Waals surface area contributed by atoms with Crippen LogP contribution in [-0.2, 0) is 16.0 Å². The Kier molecular flexibility index (Phi) is 3.98. The largest absolute Gasteiger partial charge is 0.384 e. The van der Waals surface area contributed by atoms with Crippen LogP contribution in [0.15, 0.2) is 24.3 Å². The van der Waals surface area contributed by atoms with Crippen LogP contribution in [0.25, 0.3) is 0 Å². The molecule has 1 aromatic rings. The molecule has 3 N–H and O–H groups in total. The highest BCUT2D eigenvalue weighted by Gasteiger charge is 2.15. The molecule has 0 spiro atoms. The van der Waals surface area contributed by atoms with E-state index in [1.54, 1.807) is 0 Å². The first kappa shape index (κ1) is 11.9. The van der Waals surface area contributed by atoms with Gasteiger partial charge in [0.15, 0.2) is 0 Å². The Morgan fingerprint density at radius 1 is 1.47 bits per heavy atom. The molecule has 4 heteroatoms. The normalized spacial score (nSPS) is 19.2. The van der Waals surface area contributed by atoms with E-state index in [9.17, 15) is 4.79 Å². The number of benzene rings is 1. The standard InChI is InChI=1S/C13H18N2O2/c14-13(16)7-11-3-1-2-4-12(11)15-8-10-5-6-17-9-10/h1-4,10,15H,5-9H2,(H2,14,16). The van der Waals surface area contributed by atoms with Crippen molar-refractivity contribution in [2.75, 3.05) is 25.1 Å². The summed E-state index contributed by atoms with van der Waals surface area (Å²) >= 11 is 0. The van der Waals surface area contributed by atoms with Gasteiger partial charge < -0.3 is 15.8 Å². The fourth-order valence-electron chi connectivity index (χ4n) is 2.03. The highest BCUT2D eigenvalue weighted by Crippen LogP contribution is 2.18. The number of para-hydroxylation sites is 1. The minimum atomic E-state index is -0.302. The maximum Gasteiger partial charge on any atom is 0.221 e. The Balaban J connectivity index is 1.96. The van der Waals surface area contributed by atoms with E-state index < -0.39 is 0 Å². The quantitative estimate of drug-likeness (QED) is 0.803. The monoisotopic (exact) mass is 234 g/mol. The lowest BCUT2D eigenvalue weighted by Crippen LogP contribution is -2.18. The highest BCUT2D eigenvalue weighted by molar-refractivity contribution is 5.78. The van der Waals surface area contributed by atoms with E-state index in [1.807, 2.05) is 24.3 Å². The molecule has 0 bridgehead atoms. The molecule has 0 aromatic heterocycles. The number of primary amides is 1. The molecule has 1 atom stereocenters. The first-order chi connectivity index (χ1) is 8.25. The van der Waals surface area contributed by atoms with E-state index in [4.69, 9.17) is 10.5 Å².